The second kappa shape index (κ2) is 21.1. The molecule has 0 aliphatic carbocycles. The maximum absolute atomic E-state index is 12.9. The molecule has 0 aromatic heterocycles. The molecule has 0 aliphatic heterocycles. The van der Waals surface area contributed by atoms with Crippen molar-refractivity contribution in [3.05, 3.63) is 35.9 Å². The Morgan fingerprint density at radius 1 is 0.711 bits per heavy atom. The molecule has 1 aromatic carbocycles. The fraction of sp³-hybridized carbons (Fsp3) is 0.621. The van der Waals surface area contributed by atoms with Gasteiger partial charge < -0.3 is 57.4 Å². The van der Waals surface area contributed by atoms with Crippen molar-refractivity contribution in [2.45, 2.75) is 69.6 Å². The van der Waals surface area contributed by atoms with Gasteiger partial charge in [0.15, 0.2) is 0 Å². The number of benzene rings is 1. The van der Waals surface area contributed by atoms with Crippen LogP contribution in [0.25, 0.3) is 0 Å². The molecule has 0 heterocycles. The molecular formula is C29H48N6O10. The van der Waals surface area contributed by atoms with Gasteiger partial charge >= 0.3 is 0 Å². The minimum absolute atomic E-state index is 0.00179. The van der Waals surface area contributed by atoms with Gasteiger partial charge in [0.25, 0.3) is 0 Å². The van der Waals surface area contributed by atoms with Crippen LogP contribution in [0.1, 0.15) is 32.3 Å². The van der Waals surface area contributed by atoms with E-state index in [9.17, 15) is 44.4 Å². The van der Waals surface area contributed by atoms with E-state index in [2.05, 4.69) is 31.9 Å². The quantitative estimate of drug-likeness (QED) is 0.0612. The third-order valence-corrected chi connectivity index (χ3v) is 6.65. The smallest absolute Gasteiger partial charge is 0.243 e. The molecule has 254 valence electrons. The average molecular weight is 641 g/mol. The van der Waals surface area contributed by atoms with E-state index in [1.54, 1.807) is 30.3 Å². The third kappa shape index (κ3) is 15.8. The highest BCUT2D eigenvalue weighted by Crippen LogP contribution is 2.06. The fourth-order valence-electron chi connectivity index (χ4n) is 3.94. The number of aliphatic hydroxyl groups excluding tert-OH is 5. The van der Waals surface area contributed by atoms with Gasteiger partial charge in [-0.2, -0.15) is 0 Å². The lowest BCUT2D eigenvalue weighted by molar-refractivity contribution is -0.131. The van der Waals surface area contributed by atoms with Gasteiger partial charge in [0.05, 0.1) is 31.8 Å². The van der Waals surface area contributed by atoms with Crippen LogP contribution in [0.5, 0.6) is 0 Å². The Balaban J connectivity index is 2.61. The van der Waals surface area contributed by atoms with Crippen LogP contribution in [0.4, 0.5) is 0 Å². The van der Waals surface area contributed by atoms with E-state index < -0.39 is 79.8 Å². The first-order valence-electron chi connectivity index (χ1n) is 14.7. The topological polar surface area (TPSA) is 259 Å². The molecule has 0 fully saturated rings. The molecule has 0 radical (unpaired) electrons. The van der Waals surface area contributed by atoms with Gasteiger partial charge in [-0.05, 0) is 24.9 Å². The van der Waals surface area contributed by atoms with Crippen LogP contribution in [0.2, 0.25) is 0 Å². The normalized spacial score (nSPS) is 15.1. The summed E-state index contributed by atoms with van der Waals surface area (Å²) in [6, 6.07) is 7.03. The van der Waals surface area contributed by atoms with Crippen molar-refractivity contribution >= 4 is 29.5 Å². The van der Waals surface area contributed by atoms with Crippen molar-refractivity contribution < 1.29 is 49.5 Å². The van der Waals surface area contributed by atoms with Crippen molar-refractivity contribution in [3.8, 4) is 0 Å². The Bertz CT molecular complexity index is 1080. The molecule has 11 N–H and O–H groups in total. The Morgan fingerprint density at radius 3 is 1.84 bits per heavy atom. The van der Waals surface area contributed by atoms with Gasteiger partial charge in [-0.15, -0.1) is 0 Å². The summed E-state index contributed by atoms with van der Waals surface area (Å²) in [7, 11) is 1.48. The zero-order valence-electron chi connectivity index (χ0n) is 25.9. The lowest BCUT2D eigenvalue weighted by atomic mass is 10.0. The fourth-order valence-corrected chi connectivity index (χ4v) is 3.94. The summed E-state index contributed by atoms with van der Waals surface area (Å²) in [5.74, 6) is -2.54. The SMILES string of the molecule is CN[C@@H](CCC(=O)NC[C@H](O)[C@@H](O)[C@H](O)[C@H](O)CO)C(=O)NCC(=O)N[C@@H](Cc1ccccc1)C(=O)NCC(=O)NCC(C)C. The summed E-state index contributed by atoms with van der Waals surface area (Å²) >= 11 is 0. The number of rotatable bonds is 21. The third-order valence-electron chi connectivity index (χ3n) is 6.65. The van der Waals surface area contributed by atoms with E-state index in [0.717, 1.165) is 5.56 Å². The predicted molar refractivity (Wildman–Crippen MR) is 162 cm³/mol. The number of hydrogen-bond donors (Lipinski definition) is 11. The van der Waals surface area contributed by atoms with Crippen LogP contribution in [-0.4, -0.2) is 131 Å². The van der Waals surface area contributed by atoms with E-state index in [0.29, 0.717) is 6.54 Å². The van der Waals surface area contributed by atoms with E-state index >= 15 is 0 Å². The first-order valence-corrected chi connectivity index (χ1v) is 14.7. The Hall–Kier alpha value is -3.67. The molecule has 45 heavy (non-hydrogen) atoms. The van der Waals surface area contributed by atoms with Crippen molar-refractivity contribution in [1.82, 2.24) is 31.9 Å². The lowest BCUT2D eigenvalue weighted by Crippen LogP contribution is -2.53. The highest BCUT2D eigenvalue weighted by atomic mass is 16.4. The molecule has 0 saturated heterocycles. The predicted octanol–water partition coefficient (Wildman–Crippen LogP) is -4.36. The first kappa shape index (κ1) is 39.4. The van der Waals surface area contributed by atoms with Gasteiger partial charge in [0, 0.05) is 25.9 Å². The summed E-state index contributed by atoms with van der Waals surface area (Å²) in [6.07, 6.45) is -7.02. The molecule has 6 atom stereocenters. The van der Waals surface area contributed by atoms with Crippen molar-refractivity contribution in [3.63, 3.8) is 0 Å². The van der Waals surface area contributed by atoms with Crippen LogP contribution in [0.3, 0.4) is 0 Å². The number of nitrogens with one attached hydrogen (secondary N) is 6. The number of likely N-dealkylation sites (N-methyl/N-ethyl adjacent to an activating group) is 1. The lowest BCUT2D eigenvalue weighted by Gasteiger charge is -2.25. The molecule has 16 nitrogen and oxygen atoms in total. The molecule has 1 rings (SSSR count). The molecule has 0 aliphatic rings. The molecule has 0 saturated carbocycles. The highest BCUT2D eigenvalue weighted by molar-refractivity contribution is 5.92. The molecule has 0 unspecified atom stereocenters. The summed E-state index contributed by atoms with van der Waals surface area (Å²) in [5.41, 5.74) is 0.765. The minimum atomic E-state index is -1.83. The Kier molecular flexibility index (Phi) is 18.5. The Morgan fingerprint density at radius 2 is 1.27 bits per heavy atom. The number of carbonyl (C=O) groups is 5. The van der Waals surface area contributed by atoms with Crippen LogP contribution in [-0.2, 0) is 30.4 Å². The van der Waals surface area contributed by atoms with Gasteiger partial charge in [0.1, 0.15) is 24.4 Å². The van der Waals surface area contributed by atoms with E-state index in [-0.39, 0.29) is 37.6 Å². The van der Waals surface area contributed by atoms with Crippen molar-refractivity contribution in [1.29, 1.82) is 0 Å². The number of hydrogen-bond acceptors (Lipinski definition) is 11. The number of carbonyl (C=O) groups excluding carboxylic acids is 5. The van der Waals surface area contributed by atoms with Gasteiger partial charge in [-0.1, -0.05) is 44.2 Å². The molecule has 0 bridgehead atoms. The maximum atomic E-state index is 12.9. The zero-order chi connectivity index (χ0) is 33.9. The zero-order valence-corrected chi connectivity index (χ0v) is 25.9. The summed E-state index contributed by atoms with van der Waals surface area (Å²) in [5, 5.41) is 62.9. The van der Waals surface area contributed by atoms with E-state index in [1.807, 2.05) is 13.8 Å². The maximum Gasteiger partial charge on any atom is 0.243 e. The van der Waals surface area contributed by atoms with Gasteiger partial charge in [-0.3, -0.25) is 24.0 Å². The summed E-state index contributed by atoms with van der Waals surface area (Å²) < 4.78 is 0. The van der Waals surface area contributed by atoms with Crippen LogP contribution >= 0.6 is 0 Å². The van der Waals surface area contributed by atoms with Crippen LogP contribution in [0.15, 0.2) is 30.3 Å². The van der Waals surface area contributed by atoms with Crippen LogP contribution in [0, 0.1) is 5.92 Å². The molecule has 16 heteroatoms. The number of aliphatic hydroxyl groups is 5. The molecular weight excluding hydrogens is 592 g/mol. The largest absolute Gasteiger partial charge is 0.394 e. The monoisotopic (exact) mass is 640 g/mol. The van der Waals surface area contributed by atoms with E-state index in [4.69, 9.17) is 5.11 Å². The second-order valence-electron chi connectivity index (χ2n) is 10.9. The highest BCUT2D eigenvalue weighted by Gasteiger charge is 2.30. The number of amides is 5. The first-order chi connectivity index (χ1) is 21.3. The van der Waals surface area contributed by atoms with Crippen molar-refractivity contribution in [2.24, 2.45) is 5.92 Å². The van der Waals surface area contributed by atoms with Gasteiger partial charge in [-0.25, -0.2) is 0 Å². The molecule has 0 spiro atoms. The molecule has 5 amide bonds. The Labute approximate surface area is 262 Å². The average Bonchev–Trinajstić information content (AvgIpc) is 3.03. The van der Waals surface area contributed by atoms with Gasteiger partial charge in [0.2, 0.25) is 29.5 Å². The van der Waals surface area contributed by atoms with Crippen molar-refractivity contribution in [2.75, 3.05) is 39.8 Å². The second-order valence-corrected chi connectivity index (χ2v) is 10.9. The summed E-state index contributed by atoms with van der Waals surface area (Å²) in [4.78, 5) is 62.5. The van der Waals surface area contributed by atoms with E-state index in [1.165, 1.54) is 7.05 Å². The summed E-state index contributed by atoms with van der Waals surface area (Å²) in [6.45, 7) is 2.28. The molecule has 1 aromatic rings. The minimum Gasteiger partial charge on any atom is -0.394 e. The van der Waals surface area contributed by atoms with Crippen LogP contribution < -0.4 is 31.9 Å². The standard InChI is InChI=1S/C29H48N6O10/c1-17(2)12-31-24(40)14-33-29(45)20(11-18-7-5-4-6-8-18)35-25(41)15-34-28(44)19(30-3)9-10-23(39)32-13-21(37)26(42)27(43)22(38)16-36/h4-8,17,19-22,26-27,30,36-38,42-43H,9-16H2,1-3H3,(H,31,40)(H,32,39)(H,33,45)(H,34,44)(H,35,41)/t19-,20-,21-,22+,26+,27+/m0/s1.